The van der Waals surface area contributed by atoms with Gasteiger partial charge in [0.1, 0.15) is 0 Å². The Kier molecular flexibility index (Phi) is 9.01. The van der Waals surface area contributed by atoms with Crippen molar-refractivity contribution >= 4 is 43.6 Å². The molecule has 0 saturated carbocycles. The van der Waals surface area contributed by atoms with E-state index >= 15 is 13.2 Å². The Morgan fingerprint density at radius 2 is 0.839 bits per heavy atom. The van der Waals surface area contributed by atoms with Crippen molar-refractivity contribution in [3.05, 3.63) is 190 Å². The molecule has 302 valence electrons. The van der Waals surface area contributed by atoms with Crippen molar-refractivity contribution in [2.75, 3.05) is 0 Å². The molecule has 0 unspecified atom stereocenters. The van der Waals surface area contributed by atoms with Gasteiger partial charge < -0.3 is 9.13 Å². The van der Waals surface area contributed by atoms with Gasteiger partial charge in [-0.25, -0.2) is 0 Å². The van der Waals surface area contributed by atoms with Gasteiger partial charge in [-0.15, -0.1) is 0 Å². The third-order valence-electron chi connectivity index (χ3n) is 12.5. The summed E-state index contributed by atoms with van der Waals surface area (Å²) in [6.45, 7) is 12.7. The summed E-state index contributed by atoms with van der Waals surface area (Å²) in [5, 5.41) is 14.6. The highest BCUT2D eigenvalue weighted by Crippen LogP contribution is 2.47. The van der Waals surface area contributed by atoms with E-state index < -0.39 is 11.7 Å². The minimum Gasteiger partial charge on any atom is -0.308 e. The Morgan fingerprint density at radius 3 is 1.27 bits per heavy atom. The standard InChI is InChI=1S/C56H42F3N3/c1-32-23-34(3)53(35(4)24-32)39-19-21-49-44(29-39)41-13-8-11-17-47(41)61(49)51-27-38(31-60)28-52(55(51)43-15-7-10-16-46(43)56(57,58)59)62-48-18-12-9-14-42(48)45-30-40(20-22-50(45)62)54-36(5)25-33(2)26-37(54)6/h7-30H,1-6H3. The molecule has 0 bridgehead atoms. The molecule has 10 aromatic rings. The lowest BCUT2D eigenvalue weighted by atomic mass is 9.92. The molecule has 6 heteroatoms. The number of alkyl halides is 3. The molecule has 0 amide bonds. The molecule has 2 aromatic heterocycles. The summed E-state index contributed by atoms with van der Waals surface area (Å²) in [4.78, 5) is 0. The van der Waals surface area contributed by atoms with Crippen LogP contribution in [0.1, 0.15) is 44.5 Å². The van der Waals surface area contributed by atoms with E-state index in [-0.39, 0.29) is 5.56 Å². The van der Waals surface area contributed by atoms with Gasteiger partial charge in [0.05, 0.1) is 50.6 Å². The van der Waals surface area contributed by atoms with Crippen molar-refractivity contribution in [2.24, 2.45) is 0 Å². The lowest BCUT2D eigenvalue weighted by molar-refractivity contribution is -0.137. The van der Waals surface area contributed by atoms with Gasteiger partial charge in [-0.2, -0.15) is 18.4 Å². The molecule has 62 heavy (non-hydrogen) atoms. The second kappa shape index (κ2) is 14.4. The lowest BCUT2D eigenvalue weighted by Crippen LogP contribution is -2.10. The summed E-state index contributed by atoms with van der Waals surface area (Å²) in [6, 6.07) is 49.2. The Balaban J connectivity index is 1.34. The molecule has 10 rings (SSSR count). The number of benzene rings is 8. The molecule has 0 spiro atoms. The van der Waals surface area contributed by atoms with Crippen LogP contribution in [0, 0.1) is 52.9 Å². The van der Waals surface area contributed by atoms with Crippen LogP contribution in [0.25, 0.3) is 88.4 Å². The number of hydrogen-bond donors (Lipinski definition) is 0. The minimum absolute atomic E-state index is 0.0244. The lowest BCUT2D eigenvalue weighted by Gasteiger charge is -2.23. The van der Waals surface area contributed by atoms with E-state index in [0.717, 1.165) is 71.9 Å². The van der Waals surface area contributed by atoms with Crippen LogP contribution in [0.2, 0.25) is 0 Å². The SMILES string of the molecule is Cc1cc(C)c(-c2ccc3c(c2)c2ccccc2n3-c2cc(C#N)cc(-n3c4ccccc4c4cc(-c5c(C)cc(C)cc5C)ccc43)c2-c2ccccc2C(F)(F)F)c(C)c1. The van der Waals surface area contributed by atoms with Crippen LogP contribution >= 0.6 is 0 Å². The van der Waals surface area contributed by atoms with Crippen molar-refractivity contribution in [1.29, 1.82) is 5.26 Å². The Bertz CT molecular complexity index is 3290. The molecular formula is C56H42F3N3. The van der Waals surface area contributed by atoms with Gasteiger partial charge >= 0.3 is 6.18 Å². The average Bonchev–Trinajstić information content (AvgIpc) is 3.74. The molecule has 2 heterocycles. The molecule has 0 aliphatic carbocycles. The van der Waals surface area contributed by atoms with Crippen molar-refractivity contribution in [3.8, 4) is 50.8 Å². The number of aromatic nitrogens is 2. The fourth-order valence-corrected chi connectivity index (χ4v) is 10.3. The number of fused-ring (bicyclic) bond motifs is 6. The number of halogens is 3. The third kappa shape index (κ3) is 6.10. The Hall–Kier alpha value is -7.36. The van der Waals surface area contributed by atoms with Crippen LogP contribution in [0.4, 0.5) is 13.2 Å². The minimum atomic E-state index is -4.67. The maximum atomic E-state index is 15.4. The third-order valence-corrected chi connectivity index (χ3v) is 12.5. The number of hydrogen-bond acceptors (Lipinski definition) is 1. The van der Waals surface area contributed by atoms with E-state index in [4.69, 9.17) is 0 Å². The fourth-order valence-electron chi connectivity index (χ4n) is 10.3. The van der Waals surface area contributed by atoms with Gasteiger partial charge in [-0.1, -0.05) is 102 Å². The zero-order chi connectivity index (χ0) is 43.2. The van der Waals surface area contributed by atoms with Crippen LogP contribution in [0.3, 0.4) is 0 Å². The summed E-state index contributed by atoms with van der Waals surface area (Å²) in [6.07, 6.45) is -4.67. The van der Waals surface area contributed by atoms with Gasteiger partial charge in [0, 0.05) is 27.1 Å². The topological polar surface area (TPSA) is 33.6 Å². The number of para-hydroxylation sites is 2. The van der Waals surface area contributed by atoms with E-state index in [9.17, 15) is 5.26 Å². The maximum Gasteiger partial charge on any atom is 0.417 e. The first-order chi connectivity index (χ1) is 29.8. The predicted octanol–water partition coefficient (Wildman–Crippen LogP) is 15.6. The fraction of sp³-hybridized carbons (Fsp3) is 0.125. The first kappa shape index (κ1) is 38.8. The number of aryl methyl sites for hydroxylation is 6. The molecule has 0 fully saturated rings. The second-order valence-corrected chi connectivity index (χ2v) is 16.8. The van der Waals surface area contributed by atoms with Crippen LogP contribution < -0.4 is 0 Å². The van der Waals surface area contributed by atoms with Crippen molar-refractivity contribution in [2.45, 2.75) is 47.7 Å². The Morgan fingerprint density at radius 1 is 0.435 bits per heavy atom. The highest BCUT2D eigenvalue weighted by atomic mass is 19.4. The number of nitrogens with zero attached hydrogens (tertiary/aromatic N) is 3. The quantitative estimate of drug-likeness (QED) is 0.170. The summed E-state index contributed by atoms with van der Waals surface area (Å²) in [5.41, 5.74) is 15.7. The number of rotatable bonds is 5. The van der Waals surface area contributed by atoms with E-state index in [1.165, 1.54) is 39.4 Å². The average molecular weight is 814 g/mol. The summed E-state index contributed by atoms with van der Waals surface area (Å²) in [7, 11) is 0. The predicted molar refractivity (Wildman–Crippen MR) is 250 cm³/mol. The van der Waals surface area contributed by atoms with E-state index in [2.05, 4.69) is 120 Å². The highest BCUT2D eigenvalue weighted by Gasteiger charge is 2.35. The smallest absolute Gasteiger partial charge is 0.308 e. The van der Waals surface area contributed by atoms with Crippen LogP contribution in [0.15, 0.2) is 146 Å². The molecule has 0 N–H and O–H groups in total. The molecule has 8 aromatic carbocycles. The van der Waals surface area contributed by atoms with Crippen molar-refractivity contribution < 1.29 is 13.2 Å². The molecule has 0 aliphatic rings. The normalized spacial score (nSPS) is 11.9. The van der Waals surface area contributed by atoms with Crippen molar-refractivity contribution in [1.82, 2.24) is 9.13 Å². The van der Waals surface area contributed by atoms with Gasteiger partial charge in [0.25, 0.3) is 0 Å². The molecule has 3 nitrogen and oxygen atoms in total. The second-order valence-electron chi connectivity index (χ2n) is 16.8. The zero-order valence-corrected chi connectivity index (χ0v) is 35.3. The monoisotopic (exact) mass is 813 g/mol. The van der Waals surface area contributed by atoms with E-state index in [0.29, 0.717) is 22.5 Å². The van der Waals surface area contributed by atoms with Crippen molar-refractivity contribution in [3.63, 3.8) is 0 Å². The number of nitriles is 1. The van der Waals surface area contributed by atoms with Crippen LogP contribution in [-0.2, 0) is 6.18 Å². The Labute approximate surface area is 358 Å². The van der Waals surface area contributed by atoms with Gasteiger partial charge in [0.15, 0.2) is 0 Å². The summed E-state index contributed by atoms with van der Waals surface area (Å²) in [5.74, 6) is 0. The van der Waals surface area contributed by atoms with Crippen LogP contribution in [-0.4, -0.2) is 9.13 Å². The molecule has 0 atom stereocenters. The van der Waals surface area contributed by atoms with Gasteiger partial charge in [-0.05, 0) is 146 Å². The van der Waals surface area contributed by atoms with E-state index in [1.54, 1.807) is 24.3 Å². The summed E-state index contributed by atoms with van der Waals surface area (Å²) < 4.78 is 50.2. The first-order valence-electron chi connectivity index (χ1n) is 20.8. The molecular weight excluding hydrogens is 772 g/mol. The van der Waals surface area contributed by atoms with Gasteiger partial charge in [0.2, 0.25) is 0 Å². The van der Waals surface area contributed by atoms with Crippen LogP contribution in [0.5, 0.6) is 0 Å². The first-order valence-corrected chi connectivity index (χ1v) is 20.8. The van der Waals surface area contributed by atoms with Gasteiger partial charge in [-0.3, -0.25) is 0 Å². The maximum absolute atomic E-state index is 15.4. The zero-order valence-electron chi connectivity index (χ0n) is 35.3. The largest absolute Gasteiger partial charge is 0.417 e. The van der Waals surface area contributed by atoms with E-state index in [1.807, 2.05) is 45.5 Å². The molecule has 0 saturated heterocycles. The molecule has 0 aliphatic heterocycles. The summed E-state index contributed by atoms with van der Waals surface area (Å²) >= 11 is 0. The highest BCUT2D eigenvalue weighted by molar-refractivity contribution is 6.13. The molecule has 0 radical (unpaired) electrons.